The summed E-state index contributed by atoms with van der Waals surface area (Å²) in [7, 11) is 1.86. The zero-order chi connectivity index (χ0) is 18.9. The van der Waals surface area contributed by atoms with Crippen LogP contribution in [0.3, 0.4) is 0 Å². The summed E-state index contributed by atoms with van der Waals surface area (Å²) in [5.74, 6) is 2.38. The molecule has 3 heterocycles. The Labute approximate surface area is 162 Å². The first-order valence-electron chi connectivity index (χ1n) is 9.29. The van der Waals surface area contributed by atoms with Crippen LogP contribution in [0.5, 0.6) is 0 Å². The van der Waals surface area contributed by atoms with Crippen molar-refractivity contribution in [2.24, 2.45) is 0 Å². The molecule has 8 nitrogen and oxygen atoms in total. The van der Waals surface area contributed by atoms with E-state index in [1.54, 1.807) is 17.2 Å². The van der Waals surface area contributed by atoms with Crippen LogP contribution < -0.4 is 5.32 Å². The highest BCUT2D eigenvalue weighted by atomic mass is 15.4. The summed E-state index contributed by atoms with van der Waals surface area (Å²) in [6, 6.07) is 12.8. The lowest BCUT2D eigenvalue weighted by molar-refractivity contribution is 0.473. The van der Waals surface area contributed by atoms with Gasteiger partial charge in [0, 0.05) is 18.8 Å². The normalized spacial score (nSPS) is 13.6. The molecule has 0 radical (unpaired) electrons. The number of rotatable bonds is 5. The molecule has 0 unspecified atom stereocenters. The molecule has 140 valence electrons. The molecule has 0 saturated heterocycles. The Balaban J connectivity index is 1.55. The Kier molecular flexibility index (Phi) is 4.08. The van der Waals surface area contributed by atoms with E-state index in [1.165, 1.54) is 17.5 Å². The Bertz CT molecular complexity index is 1070. The first-order chi connectivity index (χ1) is 13.8. The molecule has 0 atom stereocenters. The van der Waals surface area contributed by atoms with Crippen LogP contribution in [0.1, 0.15) is 23.0 Å². The van der Waals surface area contributed by atoms with E-state index in [4.69, 9.17) is 10.1 Å². The van der Waals surface area contributed by atoms with Crippen LogP contribution in [-0.2, 0) is 19.4 Å². The van der Waals surface area contributed by atoms with E-state index in [1.807, 2.05) is 19.2 Å². The van der Waals surface area contributed by atoms with Gasteiger partial charge in [-0.25, -0.2) is 24.3 Å². The predicted molar refractivity (Wildman–Crippen MR) is 105 cm³/mol. The van der Waals surface area contributed by atoms with Crippen LogP contribution in [0.2, 0.25) is 0 Å². The average molecular weight is 372 g/mol. The molecule has 0 aliphatic heterocycles. The summed E-state index contributed by atoms with van der Waals surface area (Å²) in [5, 5.41) is 12.1. The van der Waals surface area contributed by atoms with Crippen molar-refractivity contribution in [3.63, 3.8) is 0 Å². The van der Waals surface area contributed by atoms with Crippen LogP contribution in [0.25, 0.3) is 11.4 Å². The summed E-state index contributed by atoms with van der Waals surface area (Å²) in [4.78, 5) is 13.2. The number of benzene rings is 1. The van der Waals surface area contributed by atoms with Gasteiger partial charge in [-0.15, -0.1) is 0 Å². The third-order valence-corrected chi connectivity index (χ3v) is 5.09. The first kappa shape index (κ1) is 16.6. The molecule has 1 aliphatic carbocycles. The number of fused-ring (bicyclic) bond motifs is 1. The minimum Gasteiger partial charge on any atom is -0.373 e. The second-order valence-corrected chi connectivity index (χ2v) is 6.90. The van der Waals surface area contributed by atoms with Gasteiger partial charge >= 0.3 is 0 Å². The van der Waals surface area contributed by atoms with Crippen LogP contribution >= 0.6 is 0 Å². The van der Waals surface area contributed by atoms with E-state index in [-0.39, 0.29) is 6.04 Å². The van der Waals surface area contributed by atoms with Gasteiger partial charge in [-0.1, -0.05) is 24.3 Å². The van der Waals surface area contributed by atoms with Crippen LogP contribution in [0, 0.1) is 0 Å². The average Bonchev–Trinajstić information content (AvgIpc) is 3.47. The lowest BCUT2D eigenvalue weighted by Gasteiger charge is -2.13. The van der Waals surface area contributed by atoms with Crippen molar-refractivity contribution in [2.45, 2.75) is 25.4 Å². The van der Waals surface area contributed by atoms with Gasteiger partial charge in [-0.3, -0.25) is 0 Å². The van der Waals surface area contributed by atoms with Crippen molar-refractivity contribution in [3.05, 3.63) is 72.2 Å². The number of hydrogen-bond acceptors (Lipinski definition) is 6. The molecule has 0 spiro atoms. The molecule has 8 heteroatoms. The second-order valence-electron chi connectivity index (χ2n) is 6.90. The number of aromatic nitrogens is 7. The van der Waals surface area contributed by atoms with E-state index >= 15 is 0 Å². The number of nitrogens with one attached hydrogen (secondary N) is 1. The molecule has 0 bridgehead atoms. The van der Waals surface area contributed by atoms with Crippen molar-refractivity contribution >= 4 is 5.82 Å². The van der Waals surface area contributed by atoms with E-state index in [2.05, 4.69) is 49.3 Å². The van der Waals surface area contributed by atoms with Gasteiger partial charge in [-0.2, -0.15) is 10.2 Å². The maximum atomic E-state index is 4.86. The first-order valence-corrected chi connectivity index (χ1v) is 9.29. The van der Waals surface area contributed by atoms with Crippen LogP contribution in [0.15, 0.2) is 55.2 Å². The summed E-state index contributed by atoms with van der Waals surface area (Å²) >= 11 is 0. The lowest BCUT2D eigenvalue weighted by atomic mass is 10.1. The topological polar surface area (TPSA) is 86.3 Å². The van der Waals surface area contributed by atoms with Gasteiger partial charge in [0.25, 0.3) is 0 Å². The maximum absolute atomic E-state index is 4.86. The highest BCUT2D eigenvalue weighted by Gasteiger charge is 2.27. The van der Waals surface area contributed by atoms with Gasteiger partial charge in [0.05, 0.1) is 6.04 Å². The monoisotopic (exact) mass is 372 g/mol. The Morgan fingerprint density at radius 3 is 2.68 bits per heavy atom. The highest BCUT2D eigenvalue weighted by molar-refractivity contribution is 5.60. The van der Waals surface area contributed by atoms with Gasteiger partial charge in [-0.05, 0) is 36.1 Å². The third-order valence-electron chi connectivity index (χ3n) is 5.09. The van der Waals surface area contributed by atoms with Crippen LogP contribution in [-0.4, -0.2) is 41.6 Å². The fourth-order valence-corrected chi connectivity index (χ4v) is 3.76. The van der Waals surface area contributed by atoms with Crippen molar-refractivity contribution < 1.29 is 0 Å². The van der Waals surface area contributed by atoms with Gasteiger partial charge in [0.1, 0.15) is 25.0 Å². The molecule has 1 N–H and O–H groups in total. The van der Waals surface area contributed by atoms with Gasteiger partial charge in [0.2, 0.25) is 0 Å². The third kappa shape index (κ3) is 3.02. The minimum absolute atomic E-state index is 0.246. The molecule has 0 fully saturated rings. The van der Waals surface area contributed by atoms with E-state index in [0.717, 1.165) is 35.9 Å². The van der Waals surface area contributed by atoms with Crippen molar-refractivity contribution in [3.8, 4) is 11.4 Å². The predicted octanol–water partition coefficient (Wildman–Crippen LogP) is 2.36. The maximum Gasteiger partial charge on any atom is 0.172 e. The van der Waals surface area contributed by atoms with Gasteiger partial charge < -0.3 is 5.32 Å². The molecule has 28 heavy (non-hydrogen) atoms. The molecule has 1 aromatic carbocycles. The Morgan fingerprint density at radius 1 is 1.14 bits per heavy atom. The van der Waals surface area contributed by atoms with E-state index < -0.39 is 0 Å². The SMILES string of the molecule is CNc1cc(-c2nc(Cn3cncn3)nn2C2Cc3ccccc3C2)ccn1. The summed E-state index contributed by atoms with van der Waals surface area (Å²) in [6.45, 7) is 0.490. The zero-order valence-electron chi connectivity index (χ0n) is 15.5. The van der Waals surface area contributed by atoms with E-state index in [0.29, 0.717) is 6.54 Å². The number of pyridine rings is 1. The number of anilines is 1. The quantitative estimate of drug-likeness (QED) is 0.579. The molecule has 0 saturated carbocycles. The van der Waals surface area contributed by atoms with Crippen molar-refractivity contribution in [2.75, 3.05) is 12.4 Å². The second kappa shape index (κ2) is 6.88. The fourth-order valence-electron chi connectivity index (χ4n) is 3.76. The van der Waals surface area contributed by atoms with Crippen molar-refractivity contribution in [1.82, 2.24) is 34.5 Å². The highest BCUT2D eigenvalue weighted by Crippen LogP contribution is 2.33. The smallest absolute Gasteiger partial charge is 0.172 e. The van der Waals surface area contributed by atoms with Crippen LogP contribution in [0.4, 0.5) is 5.82 Å². The molecule has 4 aromatic rings. The summed E-state index contributed by atoms with van der Waals surface area (Å²) in [6.07, 6.45) is 6.91. The van der Waals surface area contributed by atoms with E-state index in [9.17, 15) is 0 Å². The molecule has 1 aliphatic rings. The largest absolute Gasteiger partial charge is 0.373 e. The zero-order valence-corrected chi connectivity index (χ0v) is 15.5. The fraction of sp³-hybridized carbons (Fsp3) is 0.250. The van der Waals surface area contributed by atoms with Crippen molar-refractivity contribution in [1.29, 1.82) is 0 Å². The lowest BCUT2D eigenvalue weighted by Crippen LogP contribution is -2.13. The summed E-state index contributed by atoms with van der Waals surface area (Å²) < 4.78 is 3.81. The van der Waals surface area contributed by atoms with Gasteiger partial charge in [0.15, 0.2) is 11.6 Å². The number of nitrogens with zero attached hydrogens (tertiary/aromatic N) is 7. The summed E-state index contributed by atoms with van der Waals surface area (Å²) in [5.41, 5.74) is 3.77. The standard InChI is InChI=1S/C20H20N8/c1-21-18-10-16(6-7-23-18)20-25-19(11-27-13-22-12-24-27)26-28(20)17-8-14-4-2-3-5-15(14)9-17/h2-7,10,12-13,17H,8-9,11H2,1H3,(H,21,23). The molecular formula is C20H20N8. The minimum atomic E-state index is 0.246. The molecule has 0 amide bonds. The molecule has 3 aromatic heterocycles. The Morgan fingerprint density at radius 2 is 1.96 bits per heavy atom. The number of hydrogen-bond donors (Lipinski definition) is 1. The molecule has 5 rings (SSSR count). The Hall–Kier alpha value is -3.55. The molecular weight excluding hydrogens is 352 g/mol.